The summed E-state index contributed by atoms with van der Waals surface area (Å²) in [7, 11) is 0. The Morgan fingerprint density at radius 1 is 1.43 bits per heavy atom. The minimum Gasteiger partial charge on any atom is -0.326 e. The molecule has 2 heterocycles. The zero-order valence-corrected chi connectivity index (χ0v) is 12.5. The second kappa shape index (κ2) is 5.29. The van der Waals surface area contributed by atoms with Gasteiger partial charge in [0.05, 0.1) is 12.1 Å². The highest BCUT2D eigenvalue weighted by Crippen LogP contribution is 2.19. The van der Waals surface area contributed by atoms with E-state index in [0.29, 0.717) is 11.3 Å². The van der Waals surface area contributed by atoms with Gasteiger partial charge in [-0.1, -0.05) is 0 Å². The van der Waals surface area contributed by atoms with Crippen LogP contribution in [0.25, 0.3) is 4.96 Å². The van der Waals surface area contributed by atoms with Gasteiger partial charge in [0.2, 0.25) is 5.91 Å². The summed E-state index contributed by atoms with van der Waals surface area (Å²) in [5, 5.41) is 4.74. The molecule has 0 spiro atoms. The molecule has 0 bridgehead atoms. The van der Waals surface area contributed by atoms with Gasteiger partial charge in [0.15, 0.2) is 4.96 Å². The van der Waals surface area contributed by atoms with Crippen LogP contribution in [-0.4, -0.2) is 15.3 Å². The number of aryl methyl sites for hydroxylation is 2. The van der Waals surface area contributed by atoms with Crippen molar-refractivity contribution in [2.45, 2.75) is 20.3 Å². The summed E-state index contributed by atoms with van der Waals surface area (Å²) in [6.45, 7) is 3.69. The van der Waals surface area contributed by atoms with Crippen molar-refractivity contribution in [1.29, 1.82) is 0 Å². The van der Waals surface area contributed by atoms with Crippen molar-refractivity contribution < 1.29 is 9.18 Å². The number of rotatable bonds is 3. The molecular formula is C15H14FN3OS. The summed E-state index contributed by atoms with van der Waals surface area (Å²) in [6.07, 6.45) is 2.17. The summed E-state index contributed by atoms with van der Waals surface area (Å²) in [6, 6.07) is 4.31. The number of thiazole rings is 1. The van der Waals surface area contributed by atoms with E-state index in [2.05, 4.69) is 10.3 Å². The monoisotopic (exact) mass is 303 g/mol. The number of hydrogen-bond acceptors (Lipinski definition) is 3. The number of anilines is 1. The third-order valence-corrected chi connectivity index (χ3v) is 4.10. The number of halogens is 1. The van der Waals surface area contributed by atoms with Crippen molar-refractivity contribution in [3.8, 4) is 0 Å². The lowest BCUT2D eigenvalue weighted by molar-refractivity contribution is -0.115. The molecule has 0 radical (unpaired) electrons. The predicted molar refractivity (Wildman–Crippen MR) is 81.3 cm³/mol. The molecule has 0 saturated heterocycles. The first kappa shape index (κ1) is 13.8. The second-order valence-electron chi connectivity index (χ2n) is 4.95. The molecule has 0 aliphatic rings. The average Bonchev–Trinajstić information content (AvgIpc) is 2.94. The fraction of sp³-hybridized carbons (Fsp3) is 0.200. The summed E-state index contributed by atoms with van der Waals surface area (Å²) < 4.78 is 15.0. The minimum absolute atomic E-state index is 0.129. The van der Waals surface area contributed by atoms with Gasteiger partial charge < -0.3 is 5.32 Å². The molecule has 2 aromatic heterocycles. The number of nitrogens with zero attached hydrogens (tertiary/aromatic N) is 2. The predicted octanol–water partition coefficient (Wildman–Crippen LogP) is 3.33. The molecule has 0 aliphatic heterocycles. The lowest BCUT2D eigenvalue weighted by Crippen LogP contribution is -2.16. The van der Waals surface area contributed by atoms with E-state index in [1.54, 1.807) is 13.0 Å². The van der Waals surface area contributed by atoms with Gasteiger partial charge in [-0.2, -0.15) is 0 Å². The van der Waals surface area contributed by atoms with E-state index in [1.165, 1.54) is 23.5 Å². The zero-order valence-electron chi connectivity index (χ0n) is 11.7. The van der Waals surface area contributed by atoms with Crippen LogP contribution in [0.5, 0.6) is 0 Å². The van der Waals surface area contributed by atoms with Crippen LogP contribution in [0, 0.1) is 19.7 Å². The van der Waals surface area contributed by atoms with Crippen molar-refractivity contribution in [3.05, 3.63) is 52.5 Å². The number of hydrogen-bond donors (Lipinski definition) is 1. The van der Waals surface area contributed by atoms with Gasteiger partial charge >= 0.3 is 0 Å². The van der Waals surface area contributed by atoms with Crippen LogP contribution in [0.4, 0.5) is 10.1 Å². The Hall–Kier alpha value is -2.21. The fourth-order valence-electron chi connectivity index (χ4n) is 2.20. The van der Waals surface area contributed by atoms with Crippen LogP contribution in [0.1, 0.15) is 17.0 Å². The zero-order chi connectivity index (χ0) is 15.0. The van der Waals surface area contributed by atoms with Crippen LogP contribution < -0.4 is 5.32 Å². The van der Waals surface area contributed by atoms with E-state index in [4.69, 9.17) is 0 Å². The van der Waals surface area contributed by atoms with Crippen LogP contribution in [0.15, 0.2) is 29.8 Å². The second-order valence-corrected chi connectivity index (χ2v) is 5.78. The molecule has 3 rings (SSSR count). The highest BCUT2D eigenvalue weighted by Gasteiger charge is 2.11. The number of amides is 1. The van der Waals surface area contributed by atoms with E-state index in [1.807, 2.05) is 22.9 Å². The number of nitrogens with one attached hydrogen (secondary N) is 1. The molecule has 4 nitrogen and oxygen atoms in total. The Labute approximate surface area is 125 Å². The smallest absolute Gasteiger partial charge is 0.230 e. The van der Waals surface area contributed by atoms with Crippen LogP contribution in [-0.2, 0) is 11.2 Å². The average molecular weight is 303 g/mol. The maximum Gasteiger partial charge on any atom is 0.230 e. The first-order chi connectivity index (χ1) is 10.0. The third-order valence-electron chi connectivity index (χ3n) is 3.21. The van der Waals surface area contributed by atoms with Crippen LogP contribution in [0.2, 0.25) is 0 Å². The summed E-state index contributed by atoms with van der Waals surface area (Å²) in [5.41, 5.74) is 3.16. The van der Waals surface area contributed by atoms with Gasteiger partial charge in [0, 0.05) is 23.0 Å². The van der Waals surface area contributed by atoms with Gasteiger partial charge in [-0.15, -0.1) is 11.3 Å². The normalized spacial score (nSPS) is 11.0. The van der Waals surface area contributed by atoms with E-state index < -0.39 is 0 Å². The number of carbonyl (C=O) groups excluding carboxylic acids is 1. The number of aromatic nitrogens is 2. The highest BCUT2D eigenvalue weighted by atomic mass is 32.1. The van der Waals surface area contributed by atoms with E-state index in [-0.39, 0.29) is 18.1 Å². The van der Waals surface area contributed by atoms with Gasteiger partial charge in [-0.05, 0) is 37.6 Å². The number of fused-ring (bicyclic) bond motifs is 1. The van der Waals surface area contributed by atoms with Crippen molar-refractivity contribution in [1.82, 2.24) is 9.38 Å². The molecule has 3 aromatic rings. The molecule has 0 atom stereocenters. The molecule has 1 aromatic carbocycles. The molecule has 6 heteroatoms. The Balaban J connectivity index is 1.77. The van der Waals surface area contributed by atoms with Gasteiger partial charge in [0.25, 0.3) is 0 Å². The first-order valence-electron chi connectivity index (χ1n) is 6.51. The number of imidazole rings is 1. The SMILES string of the molecule is Cc1cn2c(CC(=O)Nc3ccc(F)cc3C)csc2n1. The molecule has 0 saturated carbocycles. The maximum atomic E-state index is 13.0. The summed E-state index contributed by atoms with van der Waals surface area (Å²) in [5.74, 6) is -0.435. The molecule has 0 fully saturated rings. The Morgan fingerprint density at radius 3 is 3.00 bits per heavy atom. The Bertz CT molecular complexity index is 822. The Morgan fingerprint density at radius 2 is 2.24 bits per heavy atom. The van der Waals surface area contributed by atoms with Gasteiger partial charge in [0.1, 0.15) is 5.82 Å². The van der Waals surface area contributed by atoms with Gasteiger partial charge in [-0.3, -0.25) is 9.20 Å². The van der Waals surface area contributed by atoms with E-state index >= 15 is 0 Å². The lowest BCUT2D eigenvalue weighted by Gasteiger charge is -2.08. The number of carbonyl (C=O) groups is 1. The summed E-state index contributed by atoms with van der Waals surface area (Å²) in [4.78, 5) is 17.4. The van der Waals surface area contributed by atoms with Crippen molar-refractivity contribution in [2.75, 3.05) is 5.32 Å². The van der Waals surface area contributed by atoms with E-state index in [0.717, 1.165) is 16.3 Å². The largest absolute Gasteiger partial charge is 0.326 e. The topological polar surface area (TPSA) is 46.4 Å². The molecular weight excluding hydrogens is 289 g/mol. The summed E-state index contributed by atoms with van der Waals surface area (Å²) >= 11 is 1.51. The maximum absolute atomic E-state index is 13.0. The standard InChI is InChI=1S/C15H14FN3OS/c1-9-5-11(16)3-4-13(9)18-14(20)6-12-8-21-15-17-10(2)7-19(12)15/h3-5,7-8H,6H2,1-2H3,(H,18,20). The molecule has 1 N–H and O–H groups in total. The lowest BCUT2D eigenvalue weighted by atomic mass is 10.2. The third kappa shape index (κ3) is 2.80. The van der Waals surface area contributed by atoms with Crippen LogP contribution in [0.3, 0.4) is 0 Å². The Kier molecular flexibility index (Phi) is 3.47. The molecule has 0 aliphatic carbocycles. The minimum atomic E-state index is -0.307. The van der Waals surface area contributed by atoms with Crippen molar-refractivity contribution in [2.24, 2.45) is 0 Å². The number of benzene rings is 1. The quantitative estimate of drug-likeness (QED) is 0.806. The molecule has 1 amide bonds. The molecule has 21 heavy (non-hydrogen) atoms. The van der Waals surface area contributed by atoms with E-state index in [9.17, 15) is 9.18 Å². The highest BCUT2D eigenvalue weighted by molar-refractivity contribution is 7.15. The van der Waals surface area contributed by atoms with Crippen LogP contribution >= 0.6 is 11.3 Å². The fourth-order valence-corrected chi connectivity index (χ4v) is 3.11. The molecule has 108 valence electrons. The van der Waals surface area contributed by atoms with Gasteiger partial charge in [-0.25, -0.2) is 9.37 Å². The van der Waals surface area contributed by atoms with Crippen molar-refractivity contribution >= 4 is 27.9 Å². The first-order valence-corrected chi connectivity index (χ1v) is 7.39. The van der Waals surface area contributed by atoms with Crippen molar-refractivity contribution in [3.63, 3.8) is 0 Å². The molecule has 0 unspecified atom stereocenters.